The molecule has 1 saturated heterocycles. The van der Waals surface area contributed by atoms with Gasteiger partial charge in [0, 0.05) is 25.7 Å². The van der Waals surface area contributed by atoms with E-state index in [0.29, 0.717) is 6.04 Å². The molecule has 0 aliphatic carbocycles. The van der Waals surface area contributed by atoms with Gasteiger partial charge in [0.25, 0.3) is 0 Å². The lowest BCUT2D eigenvalue weighted by Crippen LogP contribution is -2.42. The largest absolute Gasteiger partial charge is 0.380 e. The van der Waals surface area contributed by atoms with E-state index in [1.807, 2.05) is 0 Å². The van der Waals surface area contributed by atoms with Gasteiger partial charge in [-0.15, -0.1) is 0 Å². The first-order chi connectivity index (χ1) is 7.72. The number of ether oxygens (including phenoxy) is 1. The van der Waals surface area contributed by atoms with Gasteiger partial charge < -0.3 is 15.0 Å². The zero-order valence-electron chi connectivity index (χ0n) is 11.2. The van der Waals surface area contributed by atoms with E-state index < -0.39 is 0 Å². The molecule has 1 unspecified atom stereocenters. The highest BCUT2D eigenvalue weighted by atomic mass is 16.5. The summed E-state index contributed by atoms with van der Waals surface area (Å²) in [5.74, 6) is 0.831. The number of likely N-dealkylation sites (tertiary alicyclic amines) is 1. The summed E-state index contributed by atoms with van der Waals surface area (Å²) in [5.41, 5.74) is 0. The van der Waals surface area contributed by atoms with Crippen LogP contribution in [0.4, 0.5) is 0 Å². The first-order valence-electron chi connectivity index (χ1n) is 6.75. The van der Waals surface area contributed by atoms with Gasteiger partial charge in [-0.25, -0.2) is 0 Å². The maximum absolute atomic E-state index is 5.41. The molecule has 0 bridgehead atoms. The standard InChI is InChI=1S/C13H28N2O/c1-4-16-9-8-15-7-5-6-13(11-15)10-14-12(2)3/h12-14H,4-11H2,1-3H3. The Labute approximate surface area is 101 Å². The molecular formula is C13H28N2O. The van der Waals surface area contributed by atoms with Gasteiger partial charge in [0.2, 0.25) is 0 Å². The Morgan fingerprint density at radius 1 is 1.44 bits per heavy atom. The molecule has 0 radical (unpaired) electrons. The smallest absolute Gasteiger partial charge is 0.0593 e. The average molecular weight is 228 g/mol. The second kappa shape index (κ2) is 8.04. The topological polar surface area (TPSA) is 24.5 Å². The van der Waals surface area contributed by atoms with Crippen LogP contribution in [0.1, 0.15) is 33.6 Å². The third-order valence-electron chi connectivity index (χ3n) is 3.17. The number of hydrogen-bond acceptors (Lipinski definition) is 3. The van der Waals surface area contributed by atoms with Crippen LogP contribution in [0.25, 0.3) is 0 Å². The fourth-order valence-electron chi connectivity index (χ4n) is 2.26. The molecule has 1 rings (SSSR count). The van der Waals surface area contributed by atoms with Crippen molar-refractivity contribution in [3.63, 3.8) is 0 Å². The fourth-order valence-corrected chi connectivity index (χ4v) is 2.26. The molecular weight excluding hydrogens is 200 g/mol. The zero-order valence-corrected chi connectivity index (χ0v) is 11.2. The van der Waals surface area contributed by atoms with Crippen molar-refractivity contribution in [2.45, 2.75) is 39.7 Å². The molecule has 1 heterocycles. The van der Waals surface area contributed by atoms with Crippen molar-refractivity contribution in [3.05, 3.63) is 0 Å². The zero-order chi connectivity index (χ0) is 11.8. The fraction of sp³-hybridized carbons (Fsp3) is 1.00. The van der Waals surface area contributed by atoms with Crippen LogP contribution >= 0.6 is 0 Å². The average Bonchev–Trinajstić information content (AvgIpc) is 2.27. The quantitative estimate of drug-likeness (QED) is 0.672. The minimum Gasteiger partial charge on any atom is -0.380 e. The Kier molecular flexibility index (Phi) is 7.01. The predicted molar refractivity (Wildman–Crippen MR) is 68.8 cm³/mol. The van der Waals surface area contributed by atoms with Crippen molar-refractivity contribution in [3.8, 4) is 0 Å². The Morgan fingerprint density at radius 3 is 2.94 bits per heavy atom. The van der Waals surface area contributed by atoms with E-state index in [2.05, 4.69) is 31.0 Å². The SMILES string of the molecule is CCOCCN1CCCC(CNC(C)C)C1. The maximum atomic E-state index is 5.41. The summed E-state index contributed by atoms with van der Waals surface area (Å²) in [5, 5.41) is 3.55. The van der Waals surface area contributed by atoms with Gasteiger partial charge in [-0.05, 0) is 38.8 Å². The van der Waals surface area contributed by atoms with E-state index in [9.17, 15) is 0 Å². The normalized spacial score (nSPS) is 22.9. The molecule has 0 saturated carbocycles. The van der Waals surface area contributed by atoms with Crippen LogP contribution in [0.5, 0.6) is 0 Å². The van der Waals surface area contributed by atoms with Crippen molar-refractivity contribution < 1.29 is 4.74 Å². The van der Waals surface area contributed by atoms with Crippen LogP contribution in [0, 0.1) is 5.92 Å². The first-order valence-corrected chi connectivity index (χ1v) is 6.75. The summed E-state index contributed by atoms with van der Waals surface area (Å²) >= 11 is 0. The van der Waals surface area contributed by atoms with Crippen molar-refractivity contribution in [2.24, 2.45) is 5.92 Å². The van der Waals surface area contributed by atoms with Crippen molar-refractivity contribution in [1.29, 1.82) is 0 Å². The van der Waals surface area contributed by atoms with Crippen LogP contribution in [0.15, 0.2) is 0 Å². The Balaban J connectivity index is 2.14. The van der Waals surface area contributed by atoms with Gasteiger partial charge >= 0.3 is 0 Å². The second-order valence-corrected chi connectivity index (χ2v) is 5.07. The molecule has 0 amide bonds. The van der Waals surface area contributed by atoms with E-state index in [1.54, 1.807) is 0 Å². The summed E-state index contributed by atoms with van der Waals surface area (Å²) < 4.78 is 5.41. The van der Waals surface area contributed by atoms with E-state index in [4.69, 9.17) is 4.74 Å². The number of hydrogen-bond donors (Lipinski definition) is 1. The number of rotatable bonds is 7. The lowest BCUT2D eigenvalue weighted by atomic mass is 9.98. The van der Waals surface area contributed by atoms with Gasteiger partial charge in [0.1, 0.15) is 0 Å². The Hall–Kier alpha value is -0.120. The van der Waals surface area contributed by atoms with Gasteiger partial charge in [-0.3, -0.25) is 0 Å². The highest BCUT2D eigenvalue weighted by Crippen LogP contribution is 2.15. The van der Waals surface area contributed by atoms with Crippen LogP contribution in [-0.4, -0.2) is 50.3 Å². The Bertz CT molecular complexity index is 173. The molecule has 1 aliphatic heterocycles. The molecule has 1 fully saturated rings. The van der Waals surface area contributed by atoms with Crippen LogP contribution < -0.4 is 5.32 Å². The third-order valence-corrected chi connectivity index (χ3v) is 3.17. The number of piperidine rings is 1. The minimum atomic E-state index is 0.610. The highest BCUT2D eigenvalue weighted by Gasteiger charge is 2.19. The minimum absolute atomic E-state index is 0.610. The summed E-state index contributed by atoms with van der Waals surface area (Å²) in [6.45, 7) is 13.0. The van der Waals surface area contributed by atoms with Crippen LogP contribution in [-0.2, 0) is 4.74 Å². The molecule has 1 atom stereocenters. The molecule has 0 aromatic rings. The molecule has 0 spiro atoms. The number of nitrogens with one attached hydrogen (secondary N) is 1. The number of nitrogens with zero attached hydrogens (tertiary/aromatic N) is 1. The van der Waals surface area contributed by atoms with Crippen molar-refractivity contribution in [2.75, 3.05) is 39.4 Å². The summed E-state index contributed by atoms with van der Waals surface area (Å²) in [6.07, 6.45) is 2.72. The molecule has 96 valence electrons. The van der Waals surface area contributed by atoms with Gasteiger partial charge in [-0.2, -0.15) is 0 Å². The molecule has 3 nitrogen and oxygen atoms in total. The molecule has 1 N–H and O–H groups in total. The molecule has 3 heteroatoms. The highest BCUT2D eigenvalue weighted by molar-refractivity contribution is 4.75. The molecule has 16 heavy (non-hydrogen) atoms. The lowest BCUT2D eigenvalue weighted by Gasteiger charge is -2.33. The maximum Gasteiger partial charge on any atom is 0.0593 e. The van der Waals surface area contributed by atoms with Crippen molar-refractivity contribution >= 4 is 0 Å². The third kappa shape index (κ3) is 5.83. The molecule has 0 aromatic carbocycles. The van der Waals surface area contributed by atoms with E-state index in [0.717, 1.165) is 25.7 Å². The summed E-state index contributed by atoms with van der Waals surface area (Å²) in [6, 6.07) is 0.610. The van der Waals surface area contributed by atoms with Gasteiger partial charge in [0.15, 0.2) is 0 Å². The Morgan fingerprint density at radius 2 is 2.25 bits per heavy atom. The van der Waals surface area contributed by atoms with Gasteiger partial charge in [-0.1, -0.05) is 13.8 Å². The second-order valence-electron chi connectivity index (χ2n) is 5.07. The van der Waals surface area contributed by atoms with Crippen LogP contribution in [0.3, 0.4) is 0 Å². The summed E-state index contributed by atoms with van der Waals surface area (Å²) in [7, 11) is 0. The van der Waals surface area contributed by atoms with Crippen molar-refractivity contribution in [1.82, 2.24) is 10.2 Å². The van der Waals surface area contributed by atoms with E-state index in [1.165, 1.54) is 32.5 Å². The van der Waals surface area contributed by atoms with Crippen LogP contribution in [0.2, 0.25) is 0 Å². The lowest BCUT2D eigenvalue weighted by molar-refractivity contribution is 0.0912. The molecule has 0 aromatic heterocycles. The molecule has 1 aliphatic rings. The van der Waals surface area contributed by atoms with E-state index in [-0.39, 0.29) is 0 Å². The van der Waals surface area contributed by atoms with E-state index >= 15 is 0 Å². The predicted octanol–water partition coefficient (Wildman–Crippen LogP) is 1.73. The monoisotopic (exact) mass is 228 g/mol. The first kappa shape index (κ1) is 13.9. The van der Waals surface area contributed by atoms with Gasteiger partial charge in [0.05, 0.1) is 6.61 Å². The summed E-state index contributed by atoms with van der Waals surface area (Å²) in [4.78, 5) is 2.55.